The Bertz CT molecular complexity index is 330. The Morgan fingerprint density at radius 2 is 1.43 bits per heavy atom. The van der Waals surface area contributed by atoms with Crippen molar-refractivity contribution in [3.8, 4) is 0 Å². The Hall–Kier alpha value is -1.06. The lowest BCUT2D eigenvalue weighted by Gasteiger charge is -2.31. The summed E-state index contributed by atoms with van der Waals surface area (Å²) in [5.74, 6) is 0.135. The highest BCUT2D eigenvalue weighted by Gasteiger charge is 2.35. The number of ether oxygens (including phenoxy) is 1. The smallest absolute Gasteiger partial charge is 0.407 e. The molecule has 0 fully saturated rings. The predicted octanol–water partition coefficient (Wildman–Crippen LogP) is 5.25. The van der Waals surface area contributed by atoms with E-state index in [4.69, 9.17) is 0 Å². The van der Waals surface area contributed by atoms with Crippen molar-refractivity contribution in [3.05, 3.63) is 0 Å². The van der Waals surface area contributed by atoms with Crippen molar-refractivity contribution in [3.63, 3.8) is 0 Å². The number of hydrogen-bond donors (Lipinski definition) is 1. The Labute approximate surface area is 142 Å². The number of Topliss-reactive ketones (excluding diaryl/α,β-unsaturated/α-hetero) is 1. The fourth-order valence-electron chi connectivity index (χ4n) is 3.08. The van der Waals surface area contributed by atoms with Gasteiger partial charge in [-0.3, -0.25) is 4.79 Å². The van der Waals surface area contributed by atoms with E-state index in [2.05, 4.69) is 30.8 Å². The van der Waals surface area contributed by atoms with Gasteiger partial charge in [-0.15, -0.1) is 0 Å². The van der Waals surface area contributed by atoms with Crippen molar-refractivity contribution >= 4 is 11.9 Å². The average Bonchev–Trinajstić information content (AvgIpc) is 2.54. The average molecular weight is 328 g/mol. The van der Waals surface area contributed by atoms with Crippen molar-refractivity contribution in [2.45, 2.75) is 97.9 Å². The number of methoxy groups -OCH3 is 1. The van der Waals surface area contributed by atoms with Gasteiger partial charge in [-0.25, -0.2) is 4.79 Å². The Kier molecular flexibility index (Phi) is 11.8. The Morgan fingerprint density at radius 3 is 1.83 bits per heavy atom. The lowest BCUT2D eigenvalue weighted by Crippen LogP contribution is -2.45. The van der Waals surface area contributed by atoms with Crippen molar-refractivity contribution in [2.24, 2.45) is 5.41 Å². The van der Waals surface area contributed by atoms with E-state index in [9.17, 15) is 9.59 Å². The highest BCUT2D eigenvalue weighted by molar-refractivity contribution is 5.91. The van der Waals surface area contributed by atoms with Crippen LogP contribution in [0.25, 0.3) is 0 Å². The molecule has 4 nitrogen and oxygen atoms in total. The summed E-state index contributed by atoms with van der Waals surface area (Å²) in [6.07, 6.45) is 10.6. The molecule has 1 N–H and O–H groups in total. The zero-order chi connectivity index (χ0) is 17.7. The van der Waals surface area contributed by atoms with Crippen LogP contribution in [0.15, 0.2) is 0 Å². The molecule has 0 radical (unpaired) electrons. The summed E-state index contributed by atoms with van der Waals surface area (Å²) in [5, 5.41) is 2.63. The maximum Gasteiger partial charge on any atom is 0.407 e. The van der Waals surface area contributed by atoms with E-state index in [0.29, 0.717) is 0 Å². The molecule has 0 aliphatic rings. The molecular formula is C19H37NO3. The highest BCUT2D eigenvalue weighted by Crippen LogP contribution is 2.33. The molecule has 0 spiro atoms. The van der Waals surface area contributed by atoms with Gasteiger partial charge in [0.15, 0.2) is 5.78 Å². The molecule has 4 heteroatoms. The van der Waals surface area contributed by atoms with Crippen LogP contribution in [0.4, 0.5) is 4.79 Å². The molecule has 0 aromatic heterocycles. The first-order chi connectivity index (χ1) is 10.9. The summed E-state index contributed by atoms with van der Waals surface area (Å²) in [7, 11) is 1.32. The van der Waals surface area contributed by atoms with Gasteiger partial charge in [0, 0.05) is 5.41 Å². The predicted molar refractivity (Wildman–Crippen MR) is 95.6 cm³/mol. The van der Waals surface area contributed by atoms with Crippen LogP contribution in [0.5, 0.6) is 0 Å². The fourth-order valence-corrected chi connectivity index (χ4v) is 3.08. The van der Waals surface area contributed by atoms with Gasteiger partial charge in [0.05, 0.1) is 13.2 Å². The van der Waals surface area contributed by atoms with E-state index in [-0.39, 0.29) is 11.2 Å². The Balaban J connectivity index is 4.70. The van der Waals surface area contributed by atoms with Crippen molar-refractivity contribution < 1.29 is 14.3 Å². The first kappa shape index (κ1) is 21.9. The SMILES string of the molecule is CCCCCCC(C)(CCCCCC)C(=O)C(C)NC(=O)OC. The van der Waals surface area contributed by atoms with Gasteiger partial charge in [0.1, 0.15) is 0 Å². The summed E-state index contributed by atoms with van der Waals surface area (Å²) in [6, 6.07) is -0.496. The van der Waals surface area contributed by atoms with Crippen LogP contribution in [0.2, 0.25) is 0 Å². The first-order valence-corrected chi connectivity index (χ1v) is 9.30. The van der Waals surface area contributed by atoms with E-state index < -0.39 is 12.1 Å². The number of ketones is 1. The van der Waals surface area contributed by atoms with Crippen LogP contribution in [-0.2, 0) is 9.53 Å². The molecule has 0 saturated heterocycles. The molecule has 0 aromatic rings. The van der Waals surface area contributed by atoms with Crippen LogP contribution in [0, 0.1) is 5.41 Å². The number of carbonyl (C=O) groups excluding carboxylic acids is 2. The van der Waals surface area contributed by atoms with Crippen LogP contribution < -0.4 is 5.32 Å². The summed E-state index contributed by atoms with van der Waals surface area (Å²) < 4.78 is 4.61. The number of carbonyl (C=O) groups is 2. The van der Waals surface area contributed by atoms with E-state index >= 15 is 0 Å². The van der Waals surface area contributed by atoms with Crippen molar-refractivity contribution in [1.29, 1.82) is 0 Å². The van der Waals surface area contributed by atoms with Gasteiger partial charge >= 0.3 is 6.09 Å². The highest BCUT2D eigenvalue weighted by atomic mass is 16.5. The monoisotopic (exact) mass is 327 g/mol. The standard InChI is InChI=1S/C19H37NO3/c1-6-8-10-12-14-19(4,15-13-11-9-7-2)17(21)16(3)20-18(22)23-5/h16H,6-15H2,1-5H3,(H,20,22). The van der Waals surface area contributed by atoms with Gasteiger partial charge in [0.25, 0.3) is 0 Å². The van der Waals surface area contributed by atoms with Crippen LogP contribution in [0.1, 0.15) is 91.9 Å². The molecule has 23 heavy (non-hydrogen) atoms. The third-order valence-electron chi connectivity index (χ3n) is 4.67. The third-order valence-corrected chi connectivity index (χ3v) is 4.67. The minimum absolute atomic E-state index is 0.135. The second kappa shape index (κ2) is 12.4. The normalized spacial score (nSPS) is 12.7. The first-order valence-electron chi connectivity index (χ1n) is 9.30. The van der Waals surface area contributed by atoms with Gasteiger partial charge in [0.2, 0.25) is 0 Å². The fraction of sp³-hybridized carbons (Fsp3) is 0.895. The molecule has 0 aromatic carbocycles. The van der Waals surface area contributed by atoms with Gasteiger partial charge in [-0.2, -0.15) is 0 Å². The quantitative estimate of drug-likeness (QED) is 0.470. The maximum absolute atomic E-state index is 12.9. The van der Waals surface area contributed by atoms with Crippen molar-refractivity contribution in [2.75, 3.05) is 7.11 Å². The van der Waals surface area contributed by atoms with E-state index in [1.807, 2.05) is 0 Å². The molecular weight excluding hydrogens is 290 g/mol. The van der Waals surface area contributed by atoms with Crippen LogP contribution in [0.3, 0.4) is 0 Å². The third kappa shape index (κ3) is 8.97. The lowest BCUT2D eigenvalue weighted by molar-refractivity contribution is -0.130. The Morgan fingerprint density at radius 1 is 0.957 bits per heavy atom. The molecule has 1 atom stereocenters. The summed E-state index contributed by atoms with van der Waals surface area (Å²) in [6.45, 7) is 8.22. The molecule has 136 valence electrons. The number of unbranched alkanes of at least 4 members (excludes halogenated alkanes) is 6. The topological polar surface area (TPSA) is 55.4 Å². The molecule has 1 amide bonds. The van der Waals surface area contributed by atoms with E-state index in [1.54, 1.807) is 6.92 Å². The number of hydrogen-bond acceptors (Lipinski definition) is 3. The maximum atomic E-state index is 12.9. The van der Waals surface area contributed by atoms with Gasteiger partial charge < -0.3 is 10.1 Å². The summed E-state index contributed by atoms with van der Waals surface area (Å²) in [4.78, 5) is 24.2. The van der Waals surface area contributed by atoms with E-state index in [1.165, 1.54) is 45.6 Å². The van der Waals surface area contributed by atoms with Crippen molar-refractivity contribution in [1.82, 2.24) is 5.32 Å². The van der Waals surface area contributed by atoms with Crippen LogP contribution in [-0.4, -0.2) is 25.0 Å². The zero-order valence-corrected chi connectivity index (χ0v) is 15.9. The van der Waals surface area contributed by atoms with Gasteiger partial charge in [-0.1, -0.05) is 72.1 Å². The number of rotatable bonds is 13. The molecule has 0 saturated carbocycles. The number of alkyl carbamates (subject to hydrolysis) is 1. The molecule has 0 rings (SSSR count). The summed E-state index contributed by atoms with van der Waals surface area (Å²) in [5.41, 5.74) is -0.345. The minimum atomic E-state index is -0.537. The zero-order valence-electron chi connectivity index (χ0n) is 15.9. The minimum Gasteiger partial charge on any atom is -0.453 e. The lowest BCUT2D eigenvalue weighted by atomic mass is 9.74. The summed E-state index contributed by atoms with van der Waals surface area (Å²) >= 11 is 0. The molecule has 0 bridgehead atoms. The number of nitrogens with one attached hydrogen (secondary N) is 1. The molecule has 0 heterocycles. The second-order valence-electron chi connectivity index (χ2n) is 6.90. The van der Waals surface area contributed by atoms with Crippen LogP contribution >= 0.6 is 0 Å². The molecule has 0 aliphatic heterocycles. The number of amides is 1. The molecule has 0 aliphatic carbocycles. The largest absolute Gasteiger partial charge is 0.453 e. The second-order valence-corrected chi connectivity index (χ2v) is 6.90. The van der Waals surface area contributed by atoms with E-state index in [0.717, 1.165) is 25.7 Å². The molecule has 1 unspecified atom stereocenters. The van der Waals surface area contributed by atoms with Gasteiger partial charge in [-0.05, 0) is 19.8 Å².